The molecule has 1 N–H and O–H groups in total. The van der Waals surface area contributed by atoms with Gasteiger partial charge in [0.2, 0.25) is 0 Å². The number of carbonyl (C=O) groups is 3. The van der Waals surface area contributed by atoms with E-state index in [1.165, 1.54) is 38.5 Å². The average Bonchev–Trinajstić information content (AvgIpc) is 3.01. The van der Waals surface area contributed by atoms with Gasteiger partial charge in [0.1, 0.15) is 0 Å². The zero-order chi connectivity index (χ0) is 21.5. The molecule has 4 aliphatic carbocycles. The third kappa shape index (κ3) is 4.48. The molecule has 0 aliphatic heterocycles. The van der Waals surface area contributed by atoms with Gasteiger partial charge in [0.15, 0.2) is 12.4 Å². The van der Waals surface area contributed by atoms with Crippen LogP contribution in [0.5, 0.6) is 0 Å². The first-order valence-corrected chi connectivity index (χ1v) is 12.1. The molecule has 1 atom stereocenters. The molecule has 4 aliphatic rings. The van der Waals surface area contributed by atoms with Gasteiger partial charge in [-0.25, -0.2) is 0 Å². The van der Waals surface area contributed by atoms with Gasteiger partial charge in [0.25, 0.3) is 5.91 Å². The fraction of sp³-hybridized carbons (Fsp3) is 0.708. The molecule has 1 aromatic rings. The van der Waals surface area contributed by atoms with E-state index < -0.39 is 5.97 Å². The number of thiophene rings is 1. The Balaban J connectivity index is 1.20. The lowest BCUT2D eigenvalue weighted by molar-refractivity contribution is -0.149. The van der Waals surface area contributed by atoms with Crippen LogP contribution in [0.3, 0.4) is 0 Å². The van der Waals surface area contributed by atoms with Crippen molar-refractivity contribution < 1.29 is 19.1 Å². The van der Waals surface area contributed by atoms with E-state index in [1.807, 2.05) is 19.9 Å². The summed E-state index contributed by atoms with van der Waals surface area (Å²) < 4.78 is 5.14. The van der Waals surface area contributed by atoms with Gasteiger partial charge in [-0.1, -0.05) is 0 Å². The predicted octanol–water partition coefficient (Wildman–Crippen LogP) is 4.59. The monoisotopic (exact) mass is 431 g/mol. The number of hydrogen-bond donors (Lipinski definition) is 1. The van der Waals surface area contributed by atoms with Crippen molar-refractivity contribution in [2.24, 2.45) is 23.2 Å². The molecule has 4 bridgehead atoms. The molecule has 4 saturated carbocycles. The first kappa shape index (κ1) is 21.5. The molecular weight excluding hydrogens is 398 g/mol. The van der Waals surface area contributed by atoms with Gasteiger partial charge in [-0.15, -0.1) is 11.3 Å². The van der Waals surface area contributed by atoms with Crippen molar-refractivity contribution in [2.75, 3.05) is 6.61 Å². The molecule has 5 nitrogen and oxygen atoms in total. The maximum Gasteiger partial charge on any atom is 0.306 e. The van der Waals surface area contributed by atoms with Crippen molar-refractivity contribution >= 4 is 29.0 Å². The second-order valence-corrected chi connectivity index (χ2v) is 11.4. The molecule has 0 saturated heterocycles. The van der Waals surface area contributed by atoms with Crippen LogP contribution in [-0.2, 0) is 14.3 Å². The second-order valence-electron chi connectivity index (χ2n) is 9.98. The summed E-state index contributed by atoms with van der Waals surface area (Å²) in [5.41, 5.74) is 0.921. The normalized spacial score (nSPS) is 30.2. The Morgan fingerprint density at radius 2 is 1.70 bits per heavy atom. The smallest absolute Gasteiger partial charge is 0.306 e. The third-order valence-electron chi connectivity index (χ3n) is 7.64. The molecule has 30 heavy (non-hydrogen) atoms. The summed E-state index contributed by atoms with van der Waals surface area (Å²) in [6.45, 7) is 5.74. The fourth-order valence-corrected chi connectivity index (χ4v) is 7.56. The number of carbonyl (C=O) groups excluding carboxylic acids is 3. The Labute approximate surface area is 183 Å². The van der Waals surface area contributed by atoms with Crippen LogP contribution in [0.2, 0.25) is 0 Å². The SMILES string of the molecule is Cc1cc(C(=O)CCC(=O)OCC(=O)NC(C)C23CC4CC(CC(C4)C2)C3)c(C)s1. The van der Waals surface area contributed by atoms with E-state index in [1.54, 1.807) is 11.3 Å². The summed E-state index contributed by atoms with van der Waals surface area (Å²) in [4.78, 5) is 38.8. The molecule has 1 aromatic heterocycles. The summed E-state index contributed by atoms with van der Waals surface area (Å²) in [6.07, 6.45) is 7.92. The molecule has 1 amide bonds. The molecule has 5 rings (SSSR count). The van der Waals surface area contributed by atoms with Gasteiger partial charge in [-0.05, 0) is 88.5 Å². The van der Waals surface area contributed by atoms with Gasteiger partial charge < -0.3 is 10.1 Å². The van der Waals surface area contributed by atoms with Crippen molar-refractivity contribution in [1.82, 2.24) is 5.32 Å². The summed E-state index contributed by atoms with van der Waals surface area (Å²) in [6, 6.07) is 1.98. The van der Waals surface area contributed by atoms with Gasteiger partial charge >= 0.3 is 5.97 Å². The summed E-state index contributed by atoms with van der Waals surface area (Å²) in [7, 11) is 0. The van der Waals surface area contributed by atoms with Crippen LogP contribution in [0.1, 0.15) is 78.4 Å². The Kier molecular flexibility index (Phi) is 6.06. The molecule has 164 valence electrons. The van der Waals surface area contributed by atoms with E-state index >= 15 is 0 Å². The number of ketones is 1. The number of ether oxygens (including phenoxy) is 1. The Morgan fingerprint density at radius 3 is 2.23 bits per heavy atom. The van der Waals surface area contributed by atoms with Crippen LogP contribution in [0, 0.1) is 37.0 Å². The Hall–Kier alpha value is -1.69. The average molecular weight is 432 g/mol. The summed E-state index contributed by atoms with van der Waals surface area (Å²) in [5, 5.41) is 3.11. The molecular formula is C24H33NO4S. The lowest BCUT2D eigenvalue weighted by Gasteiger charge is -2.59. The summed E-state index contributed by atoms with van der Waals surface area (Å²) in [5.74, 6) is 1.73. The van der Waals surface area contributed by atoms with Crippen molar-refractivity contribution in [3.8, 4) is 0 Å². The lowest BCUT2D eigenvalue weighted by Crippen LogP contribution is -2.56. The number of Topliss-reactive ketones (excluding diaryl/α,β-unsaturated/α-hetero) is 1. The first-order valence-electron chi connectivity index (χ1n) is 11.3. The first-order chi connectivity index (χ1) is 14.2. The predicted molar refractivity (Wildman–Crippen MR) is 117 cm³/mol. The zero-order valence-corrected chi connectivity index (χ0v) is 19.1. The standard InChI is InChI=1S/C24H33NO4S/c1-14-6-20(15(2)30-14)21(26)4-5-23(28)29-13-22(27)25-16(3)24-10-17-7-18(11-24)9-19(8-17)12-24/h6,16-19H,4-5,7-13H2,1-3H3,(H,25,27). The second kappa shape index (κ2) is 8.45. The number of esters is 1. The van der Waals surface area contributed by atoms with E-state index in [0.717, 1.165) is 27.5 Å². The van der Waals surface area contributed by atoms with Gasteiger partial charge in [-0.2, -0.15) is 0 Å². The number of amides is 1. The number of rotatable bonds is 8. The fourth-order valence-electron chi connectivity index (χ4n) is 6.62. The quantitative estimate of drug-likeness (QED) is 0.483. The molecule has 1 unspecified atom stereocenters. The van der Waals surface area contributed by atoms with E-state index in [2.05, 4.69) is 12.2 Å². The minimum Gasteiger partial charge on any atom is -0.456 e. The number of hydrogen-bond acceptors (Lipinski definition) is 5. The zero-order valence-electron chi connectivity index (χ0n) is 18.3. The minimum absolute atomic E-state index is 0.00494. The molecule has 6 heteroatoms. The van der Waals surface area contributed by atoms with E-state index in [4.69, 9.17) is 4.74 Å². The highest BCUT2D eigenvalue weighted by Gasteiger charge is 2.53. The van der Waals surface area contributed by atoms with Crippen LogP contribution in [0.25, 0.3) is 0 Å². The van der Waals surface area contributed by atoms with Crippen LogP contribution < -0.4 is 5.32 Å². The highest BCUT2D eigenvalue weighted by atomic mass is 32.1. The molecule has 0 radical (unpaired) electrons. The molecule has 4 fully saturated rings. The van der Waals surface area contributed by atoms with Crippen molar-refractivity contribution in [3.05, 3.63) is 21.4 Å². The molecule has 1 heterocycles. The Morgan fingerprint density at radius 1 is 1.10 bits per heavy atom. The van der Waals surface area contributed by atoms with Gasteiger partial charge in [0, 0.05) is 27.8 Å². The summed E-state index contributed by atoms with van der Waals surface area (Å²) >= 11 is 1.58. The van der Waals surface area contributed by atoms with E-state index in [-0.39, 0.29) is 42.6 Å². The minimum atomic E-state index is -0.495. The molecule has 0 aromatic carbocycles. The maximum absolute atomic E-state index is 12.4. The van der Waals surface area contributed by atoms with Crippen LogP contribution in [0.15, 0.2) is 6.07 Å². The van der Waals surface area contributed by atoms with Crippen LogP contribution in [-0.4, -0.2) is 30.3 Å². The lowest BCUT2D eigenvalue weighted by atomic mass is 9.48. The largest absolute Gasteiger partial charge is 0.456 e. The number of nitrogens with one attached hydrogen (secondary N) is 1. The van der Waals surface area contributed by atoms with Crippen LogP contribution >= 0.6 is 11.3 Å². The van der Waals surface area contributed by atoms with Crippen molar-refractivity contribution in [3.63, 3.8) is 0 Å². The van der Waals surface area contributed by atoms with Gasteiger partial charge in [-0.3, -0.25) is 14.4 Å². The van der Waals surface area contributed by atoms with Crippen molar-refractivity contribution in [2.45, 2.75) is 78.2 Å². The maximum atomic E-state index is 12.4. The molecule has 0 spiro atoms. The van der Waals surface area contributed by atoms with Gasteiger partial charge in [0.05, 0.1) is 6.42 Å². The highest BCUT2D eigenvalue weighted by molar-refractivity contribution is 7.12. The third-order valence-corrected chi connectivity index (χ3v) is 8.61. The number of aryl methyl sites for hydroxylation is 2. The topological polar surface area (TPSA) is 72.5 Å². The van der Waals surface area contributed by atoms with E-state index in [9.17, 15) is 14.4 Å². The van der Waals surface area contributed by atoms with Crippen molar-refractivity contribution in [1.29, 1.82) is 0 Å². The van der Waals surface area contributed by atoms with E-state index in [0.29, 0.717) is 5.56 Å². The van der Waals surface area contributed by atoms with Crippen LogP contribution in [0.4, 0.5) is 0 Å². The highest BCUT2D eigenvalue weighted by Crippen LogP contribution is 2.61. The Bertz CT molecular complexity index is 807.